The van der Waals surface area contributed by atoms with E-state index in [0.717, 1.165) is 48.1 Å². The van der Waals surface area contributed by atoms with E-state index in [9.17, 15) is 9.59 Å². The molecule has 1 aliphatic heterocycles. The Morgan fingerprint density at radius 1 is 1.14 bits per heavy atom. The Morgan fingerprint density at radius 3 is 2.66 bits per heavy atom. The molecule has 2 heterocycles. The smallest absolute Gasteiger partial charge is 0.247 e. The van der Waals surface area contributed by atoms with Gasteiger partial charge in [-0.2, -0.15) is 5.10 Å². The first kappa shape index (κ1) is 22.4. The number of carbonyl (C=O) groups excluding carboxylic acids is 2. The number of benzene rings is 2. The van der Waals surface area contributed by atoms with Crippen LogP contribution in [0.4, 0.5) is 5.82 Å². The van der Waals surface area contributed by atoms with E-state index < -0.39 is 0 Å². The summed E-state index contributed by atoms with van der Waals surface area (Å²) in [5.74, 6) is 1.92. The molecular weight excluding hydrogens is 440 g/mol. The fourth-order valence-corrected chi connectivity index (χ4v) is 4.55. The van der Waals surface area contributed by atoms with Crippen molar-refractivity contribution in [3.05, 3.63) is 96.2 Å². The topological polar surface area (TPSA) is 85.2 Å². The van der Waals surface area contributed by atoms with Gasteiger partial charge in [-0.1, -0.05) is 36.9 Å². The highest BCUT2D eigenvalue weighted by Crippen LogP contribution is 2.39. The summed E-state index contributed by atoms with van der Waals surface area (Å²) >= 11 is 0. The number of para-hydroxylation sites is 1. The maximum Gasteiger partial charge on any atom is 0.247 e. The first-order chi connectivity index (χ1) is 17.2. The van der Waals surface area contributed by atoms with Crippen LogP contribution in [0.1, 0.15) is 35.7 Å². The lowest BCUT2D eigenvalue weighted by Crippen LogP contribution is -2.29. The monoisotopic (exact) mass is 466 g/mol. The van der Waals surface area contributed by atoms with Crippen LogP contribution in [0.5, 0.6) is 11.5 Å². The van der Waals surface area contributed by atoms with Crippen molar-refractivity contribution in [3.8, 4) is 22.8 Å². The summed E-state index contributed by atoms with van der Waals surface area (Å²) in [6.07, 6.45) is 8.67. The standard InChI is InChI=1S/C28H26N4O3/c1-2-26(34)30-24-11-7-6-10-22(24)25-16-17-29-28-23(18-33)27(31-32(25)28)19-12-14-21(15-13-19)35-20-8-4-3-5-9-20/h2-6,8-10,12-15,18,25,29H,1,7,11,16-17H2,(H,30,34). The van der Waals surface area contributed by atoms with E-state index in [4.69, 9.17) is 9.84 Å². The second kappa shape index (κ2) is 9.85. The third-order valence-electron chi connectivity index (χ3n) is 6.20. The summed E-state index contributed by atoms with van der Waals surface area (Å²) in [4.78, 5) is 24.2. The number of carbonyl (C=O) groups is 2. The highest BCUT2D eigenvalue weighted by atomic mass is 16.5. The number of ether oxygens (including phenoxy) is 1. The van der Waals surface area contributed by atoms with Gasteiger partial charge in [0.15, 0.2) is 6.29 Å². The minimum atomic E-state index is -0.227. The normalized spacial score (nSPS) is 16.7. The van der Waals surface area contributed by atoms with Crippen molar-refractivity contribution in [3.63, 3.8) is 0 Å². The van der Waals surface area contributed by atoms with Gasteiger partial charge < -0.3 is 15.4 Å². The SMILES string of the molecule is C=CC(=O)NC1=C(C2CCNc3c(C=O)c(-c4ccc(Oc5ccccc5)cc4)nn32)C=CCC1. The van der Waals surface area contributed by atoms with E-state index in [2.05, 4.69) is 29.4 Å². The predicted molar refractivity (Wildman–Crippen MR) is 135 cm³/mol. The highest BCUT2D eigenvalue weighted by Gasteiger charge is 2.30. The summed E-state index contributed by atoms with van der Waals surface area (Å²) in [6, 6.07) is 17.0. The van der Waals surface area contributed by atoms with Crippen molar-refractivity contribution in [2.45, 2.75) is 25.3 Å². The molecule has 0 saturated heterocycles. The maximum absolute atomic E-state index is 12.2. The number of nitrogens with zero attached hydrogens (tertiary/aromatic N) is 2. The Labute approximate surface area is 203 Å². The summed E-state index contributed by atoms with van der Waals surface area (Å²) < 4.78 is 7.77. The van der Waals surface area contributed by atoms with Crippen LogP contribution in [0.3, 0.4) is 0 Å². The number of nitrogens with one attached hydrogen (secondary N) is 2. The molecule has 1 aromatic heterocycles. The second-order valence-electron chi connectivity index (χ2n) is 8.41. The van der Waals surface area contributed by atoms with Gasteiger partial charge in [0.05, 0.1) is 11.6 Å². The molecule has 1 aliphatic carbocycles. The number of rotatable bonds is 7. The van der Waals surface area contributed by atoms with Gasteiger partial charge in [-0.15, -0.1) is 0 Å². The number of anilines is 1. The molecule has 5 rings (SSSR count). The summed E-state index contributed by atoms with van der Waals surface area (Å²) in [7, 11) is 0. The van der Waals surface area contributed by atoms with Crippen molar-refractivity contribution in [1.82, 2.24) is 15.1 Å². The van der Waals surface area contributed by atoms with Gasteiger partial charge in [0.2, 0.25) is 5.91 Å². The van der Waals surface area contributed by atoms with Crippen LogP contribution in [0.15, 0.2) is 90.7 Å². The molecule has 2 aromatic carbocycles. The van der Waals surface area contributed by atoms with E-state index >= 15 is 0 Å². The van der Waals surface area contributed by atoms with E-state index in [-0.39, 0.29) is 11.9 Å². The molecule has 35 heavy (non-hydrogen) atoms. The average Bonchev–Trinajstić information content (AvgIpc) is 3.29. The fraction of sp³-hybridized carbons (Fsp3) is 0.179. The Balaban J connectivity index is 1.49. The molecule has 0 fully saturated rings. The van der Waals surface area contributed by atoms with Gasteiger partial charge in [-0.05, 0) is 67.3 Å². The molecular formula is C28H26N4O3. The van der Waals surface area contributed by atoms with Crippen molar-refractivity contribution >= 4 is 18.0 Å². The van der Waals surface area contributed by atoms with Crippen molar-refractivity contribution in [2.75, 3.05) is 11.9 Å². The first-order valence-electron chi connectivity index (χ1n) is 11.7. The van der Waals surface area contributed by atoms with Crippen LogP contribution in [0.2, 0.25) is 0 Å². The Kier molecular flexibility index (Phi) is 6.30. The van der Waals surface area contributed by atoms with Crippen LogP contribution >= 0.6 is 0 Å². The molecule has 0 saturated carbocycles. The lowest BCUT2D eigenvalue weighted by molar-refractivity contribution is -0.115. The third-order valence-corrected chi connectivity index (χ3v) is 6.20. The second-order valence-corrected chi connectivity index (χ2v) is 8.41. The Morgan fingerprint density at radius 2 is 1.91 bits per heavy atom. The minimum Gasteiger partial charge on any atom is -0.457 e. The van der Waals surface area contributed by atoms with E-state index in [1.165, 1.54) is 6.08 Å². The van der Waals surface area contributed by atoms with Gasteiger partial charge in [0.25, 0.3) is 0 Å². The number of allylic oxidation sites excluding steroid dienone is 4. The minimum absolute atomic E-state index is 0.101. The van der Waals surface area contributed by atoms with Crippen molar-refractivity contribution in [1.29, 1.82) is 0 Å². The first-order valence-corrected chi connectivity index (χ1v) is 11.7. The fourth-order valence-electron chi connectivity index (χ4n) is 4.55. The molecule has 2 N–H and O–H groups in total. The zero-order valence-electron chi connectivity index (χ0n) is 19.2. The largest absolute Gasteiger partial charge is 0.457 e. The van der Waals surface area contributed by atoms with Gasteiger partial charge in [-0.25, -0.2) is 4.68 Å². The quantitative estimate of drug-likeness (QED) is 0.359. The molecule has 0 spiro atoms. The number of fused-ring (bicyclic) bond motifs is 1. The number of amides is 1. The lowest BCUT2D eigenvalue weighted by Gasteiger charge is -2.30. The Hall–Kier alpha value is -4.39. The molecule has 0 bridgehead atoms. The summed E-state index contributed by atoms with van der Waals surface area (Å²) in [6.45, 7) is 4.26. The molecule has 2 aliphatic rings. The van der Waals surface area contributed by atoms with E-state index in [1.54, 1.807) is 0 Å². The van der Waals surface area contributed by atoms with Gasteiger partial charge in [0.1, 0.15) is 23.0 Å². The molecule has 176 valence electrons. The maximum atomic E-state index is 12.2. The van der Waals surface area contributed by atoms with Crippen molar-refractivity contribution in [2.24, 2.45) is 0 Å². The summed E-state index contributed by atoms with van der Waals surface area (Å²) in [5.41, 5.74) is 3.83. The molecule has 1 atom stereocenters. The number of hydrogen-bond donors (Lipinski definition) is 2. The Bertz CT molecular complexity index is 1320. The van der Waals surface area contributed by atoms with E-state index in [0.29, 0.717) is 29.4 Å². The predicted octanol–water partition coefficient (Wildman–Crippen LogP) is 5.42. The lowest BCUT2D eigenvalue weighted by atomic mass is 9.94. The number of aldehydes is 1. The molecule has 1 unspecified atom stereocenters. The molecule has 3 aromatic rings. The van der Waals surface area contributed by atoms with Gasteiger partial charge >= 0.3 is 0 Å². The molecule has 0 radical (unpaired) electrons. The average molecular weight is 467 g/mol. The van der Waals surface area contributed by atoms with Crippen molar-refractivity contribution < 1.29 is 14.3 Å². The van der Waals surface area contributed by atoms with Crippen LogP contribution in [0.25, 0.3) is 11.3 Å². The van der Waals surface area contributed by atoms with E-state index in [1.807, 2.05) is 59.3 Å². The van der Waals surface area contributed by atoms with Crippen LogP contribution in [-0.4, -0.2) is 28.5 Å². The molecule has 7 nitrogen and oxygen atoms in total. The molecule has 1 amide bonds. The third kappa shape index (κ3) is 4.53. The van der Waals surface area contributed by atoms with Gasteiger partial charge in [0, 0.05) is 17.8 Å². The van der Waals surface area contributed by atoms with Crippen LogP contribution in [0, 0.1) is 0 Å². The van der Waals surface area contributed by atoms with Gasteiger partial charge in [-0.3, -0.25) is 9.59 Å². The molecule has 7 heteroatoms. The zero-order valence-corrected chi connectivity index (χ0v) is 19.2. The number of aromatic nitrogens is 2. The van der Waals surface area contributed by atoms with Crippen LogP contribution in [-0.2, 0) is 4.79 Å². The zero-order chi connectivity index (χ0) is 24.2. The van der Waals surface area contributed by atoms with Crippen LogP contribution < -0.4 is 15.4 Å². The highest BCUT2D eigenvalue weighted by molar-refractivity contribution is 5.92. The summed E-state index contributed by atoms with van der Waals surface area (Å²) in [5, 5.41) is 11.2. The number of hydrogen-bond acceptors (Lipinski definition) is 5.